The Kier molecular flexibility index (Phi) is 4.71. The van der Waals surface area contributed by atoms with E-state index in [1.807, 2.05) is 0 Å². The second kappa shape index (κ2) is 7.12. The van der Waals surface area contributed by atoms with Gasteiger partial charge in [-0.3, -0.25) is 9.59 Å². The van der Waals surface area contributed by atoms with Gasteiger partial charge in [0.1, 0.15) is 0 Å². The molecule has 0 bridgehead atoms. The number of nitrogen functional groups attached to an aromatic ring is 1. The Morgan fingerprint density at radius 3 is 2.30 bits per heavy atom. The minimum absolute atomic E-state index is 0.0177. The largest absolute Gasteiger partial charge is 0.398 e. The Balaban J connectivity index is 1.72. The Morgan fingerprint density at radius 1 is 1.04 bits per heavy atom. The molecule has 0 saturated carbocycles. The molecule has 4 N–H and O–H groups in total. The van der Waals surface area contributed by atoms with E-state index in [0.717, 1.165) is 10.5 Å². The number of anilines is 2. The molecule has 27 heavy (non-hydrogen) atoms. The first-order chi connectivity index (χ1) is 12.9. The molecule has 8 nitrogen and oxygen atoms in total. The maximum absolute atomic E-state index is 12.1. The van der Waals surface area contributed by atoms with Crippen molar-refractivity contribution >= 4 is 35.0 Å². The van der Waals surface area contributed by atoms with Crippen LogP contribution in [0.4, 0.5) is 11.4 Å². The quantitative estimate of drug-likeness (QED) is 0.211. The molecule has 0 spiro atoms. The molecule has 2 aromatic rings. The van der Waals surface area contributed by atoms with Crippen LogP contribution >= 0.6 is 0 Å². The Morgan fingerprint density at radius 2 is 1.67 bits per heavy atom. The molecule has 2 aromatic carbocycles. The summed E-state index contributed by atoms with van der Waals surface area (Å²) in [4.78, 5) is 41.3. The molecule has 1 aliphatic rings. The van der Waals surface area contributed by atoms with Crippen molar-refractivity contribution in [1.82, 2.24) is 0 Å². The van der Waals surface area contributed by atoms with E-state index in [4.69, 9.17) is 16.3 Å². The Labute approximate surface area is 154 Å². The fraction of sp³-hybridized carbons (Fsp3) is 0.0526. The molecule has 8 heteroatoms. The van der Waals surface area contributed by atoms with Crippen LogP contribution in [-0.2, 0) is 14.4 Å². The molecule has 0 aromatic heterocycles. The molecule has 136 valence electrons. The van der Waals surface area contributed by atoms with E-state index < -0.39 is 17.8 Å². The molecular weight excluding hydrogens is 348 g/mol. The van der Waals surface area contributed by atoms with Gasteiger partial charge >= 0.3 is 5.97 Å². The fourth-order valence-corrected chi connectivity index (χ4v) is 2.52. The zero-order chi connectivity index (χ0) is 19.6. The number of nitrogens with zero attached hydrogens (tertiary/aromatic N) is 2. The van der Waals surface area contributed by atoms with E-state index in [-0.39, 0.29) is 11.4 Å². The number of hydrogen-bond donors (Lipinski definition) is 2. The molecule has 1 heterocycles. The van der Waals surface area contributed by atoms with Gasteiger partial charge in [-0.05, 0) is 42.8 Å². The number of amidine groups is 1. The number of nitrogens with two attached hydrogens (primary N) is 2. The summed E-state index contributed by atoms with van der Waals surface area (Å²) in [5, 5.41) is 3.66. The van der Waals surface area contributed by atoms with Crippen LogP contribution < -0.4 is 16.4 Å². The molecule has 1 aliphatic heterocycles. The maximum Gasteiger partial charge on any atom is 0.365 e. The molecule has 0 atom stereocenters. The van der Waals surface area contributed by atoms with Gasteiger partial charge in [0.05, 0.1) is 11.3 Å². The highest BCUT2D eigenvalue weighted by Gasteiger charge is 2.25. The van der Waals surface area contributed by atoms with Crippen molar-refractivity contribution < 1.29 is 19.2 Å². The first kappa shape index (κ1) is 17.9. The van der Waals surface area contributed by atoms with Gasteiger partial charge in [0.25, 0.3) is 11.8 Å². The molecule has 0 saturated heterocycles. The number of imide groups is 1. The van der Waals surface area contributed by atoms with Crippen molar-refractivity contribution in [3.63, 3.8) is 0 Å². The molecule has 2 amide bonds. The number of carbonyl (C=O) groups is 3. The van der Waals surface area contributed by atoms with E-state index in [1.165, 1.54) is 36.4 Å². The lowest BCUT2D eigenvalue weighted by Gasteiger charge is -2.13. The van der Waals surface area contributed by atoms with Crippen LogP contribution in [0.15, 0.2) is 59.8 Å². The molecule has 3 rings (SSSR count). The second-order valence-electron chi connectivity index (χ2n) is 5.77. The SMILES string of the molecule is Cc1c(N)cccc1/C(N)=N/OC(=O)c1ccc(N2C(=O)C=CC2=O)cc1. The zero-order valence-corrected chi connectivity index (χ0v) is 14.4. The van der Waals surface area contributed by atoms with E-state index in [0.29, 0.717) is 16.9 Å². The highest BCUT2D eigenvalue weighted by Crippen LogP contribution is 2.20. The molecule has 0 unspecified atom stereocenters. The average Bonchev–Trinajstić information content (AvgIpc) is 3.00. The summed E-state index contributed by atoms with van der Waals surface area (Å²) in [5.74, 6) is -1.59. The van der Waals surface area contributed by atoms with Crippen molar-refractivity contribution in [1.29, 1.82) is 0 Å². The predicted octanol–water partition coefficient (Wildman–Crippen LogP) is 1.48. The Bertz CT molecular complexity index is 975. The summed E-state index contributed by atoms with van der Waals surface area (Å²) in [7, 11) is 0. The smallest absolute Gasteiger partial charge is 0.365 e. The number of benzene rings is 2. The molecule has 0 fully saturated rings. The van der Waals surface area contributed by atoms with Gasteiger partial charge in [-0.1, -0.05) is 17.3 Å². The number of hydrogen-bond acceptors (Lipinski definition) is 6. The van der Waals surface area contributed by atoms with Crippen LogP contribution in [0.2, 0.25) is 0 Å². The summed E-state index contributed by atoms with van der Waals surface area (Å²) in [6, 6.07) is 10.9. The van der Waals surface area contributed by atoms with Gasteiger partial charge in [-0.25, -0.2) is 9.69 Å². The van der Waals surface area contributed by atoms with Crippen molar-refractivity contribution in [2.24, 2.45) is 10.9 Å². The first-order valence-corrected chi connectivity index (χ1v) is 7.95. The average molecular weight is 364 g/mol. The van der Waals surface area contributed by atoms with Crippen molar-refractivity contribution in [2.45, 2.75) is 6.92 Å². The van der Waals surface area contributed by atoms with Crippen LogP contribution in [0.25, 0.3) is 0 Å². The van der Waals surface area contributed by atoms with Gasteiger partial charge in [-0.15, -0.1) is 0 Å². The summed E-state index contributed by atoms with van der Waals surface area (Å²) < 4.78 is 0. The van der Waals surface area contributed by atoms with Gasteiger partial charge in [-0.2, -0.15) is 0 Å². The van der Waals surface area contributed by atoms with Gasteiger partial charge in [0.15, 0.2) is 5.84 Å². The first-order valence-electron chi connectivity index (χ1n) is 7.95. The summed E-state index contributed by atoms with van der Waals surface area (Å²) in [6.07, 6.45) is 2.36. The number of oxime groups is 1. The number of amides is 2. The van der Waals surface area contributed by atoms with Crippen molar-refractivity contribution in [2.75, 3.05) is 10.6 Å². The molecule has 0 radical (unpaired) electrons. The van der Waals surface area contributed by atoms with E-state index in [9.17, 15) is 14.4 Å². The van der Waals surface area contributed by atoms with Gasteiger partial charge < -0.3 is 16.3 Å². The number of carbonyl (C=O) groups excluding carboxylic acids is 3. The van der Waals surface area contributed by atoms with Crippen LogP contribution in [0.1, 0.15) is 21.5 Å². The normalized spacial score (nSPS) is 14.0. The van der Waals surface area contributed by atoms with Crippen LogP contribution in [0.3, 0.4) is 0 Å². The fourth-order valence-electron chi connectivity index (χ4n) is 2.52. The third-order valence-corrected chi connectivity index (χ3v) is 4.05. The highest BCUT2D eigenvalue weighted by atomic mass is 16.7. The van der Waals surface area contributed by atoms with E-state index in [2.05, 4.69) is 5.16 Å². The van der Waals surface area contributed by atoms with Gasteiger partial charge in [0, 0.05) is 23.4 Å². The lowest BCUT2D eigenvalue weighted by molar-refractivity contribution is -0.119. The third kappa shape index (κ3) is 3.54. The minimum atomic E-state index is -0.733. The summed E-state index contributed by atoms with van der Waals surface area (Å²) in [5.41, 5.74) is 14.1. The minimum Gasteiger partial charge on any atom is -0.398 e. The van der Waals surface area contributed by atoms with E-state index in [1.54, 1.807) is 25.1 Å². The standard InChI is InChI=1S/C19H16N4O4/c1-11-14(3-2-4-15(11)20)18(21)22-27-19(26)12-5-7-13(8-6-12)23-16(24)9-10-17(23)25/h2-10H,20H2,1H3,(H2,21,22). The second-order valence-corrected chi connectivity index (χ2v) is 5.77. The molecular formula is C19H16N4O4. The monoisotopic (exact) mass is 364 g/mol. The summed E-state index contributed by atoms with van der Waals surface area (Å²) in [6.45, 7) is 1.78. The number of rotatable bonds is 4. The van der Waals surface area contributed by atoms with Crippen molar-refractivity contribution in [3.05, 3.63) is 71.3 Å². The van der Waals surface area contributed by atoms with Crippen LogP contribution in [-0.4, -0.2) is 23.6 Å². The topological polar surface area (TPSA) is 128 Å². The van der Waals surface area contributed by atoms with Crippen LogP contribution in [0, 0.1) is 6.92 Å². The van der Waals surface area contributed by atoms with Gasteiger partial charge in [0.2, 0.25) is 0 Å². The summed E-state index contributed by atoms with van der Waals surface area (Å²) >= 11 is 0. The molecule has 0 aliphatic carbocycles. The Hall–Kier alpha value is -3.94. The zero-order valence-electron chi connectivity index (χ0n) is 14.4. The third-order valence-electron chi connectivity index (χ3n) is 4.05. The highest BCUT2D eigenvalue weighted by molar-refractivity contribution is 6.28. The lowest BCUT2D eigenvalue weighted by atomic mass is 10.1. The van der Waals surface area contributed by atoms with Crippen molar-refractivity contribution in [3.8, 4) is 0 Å². The van der Waals surface area contributed by atoms with Crippen LogP contribution in [0.5, 0.6) is 0 Å². The maximum atomic E-state index is 12.1. The lowest BCUT2D eigenvalue weighted by Crippen LogP contribution is -2.29. The van der Waals surface area contributed by atoms with E-state index >= 15 is 0 Å². The predicted molar refractivity (Wildman–Crippen MR) is 99.8 cm³/mol.